The number of nitrogens with zero attached hydrogens (tertiary/aromatic N) is 3. The van der Waals surface area contributed by atoms with E-state index in [4.69, 9.17) is 0 Å². The Morgan fingerprint density at radius 2 is 1.93 bits per heavy atom. The van der Waals surface area contributed by atoms with Crippen molar-refractivity contribution in [3.8, 4) is 11.4 Å². The van der Waals surface area contributed by atoms with Gasteiger partial charge in [0.05, 0.1) is 5.25 Å². The summed E-state index contributed by atoms with van der Waals surface area (Å²) in [5.41, 5.74) is 5.24. The molecule has 2 aromatic carbocycles. The van der Waals surface area contributed by atoms with Crippen LogP contribution in [-0.2, 0) is 0 Å². The Labute approximate surface area is 179 Å². The summed E-state index contributed by atoms with van der Waals surface area (Å²) in [6, 6.07) is 14.6. The van der Waals surface area contributed by atoms with E-state index >= 15 is 0 Å². The van der Waals surface area contributed by atoms with Gasteiger partial charge in [0.2, 0.25) is 0 Å². The molecule has 0 aliphatic heterocycles. The van der Waals surface area contributed by atoms with Crippen LogP contribution in [0.5, 0.6) is 0 Å². The fourth-order valence-corrected chi connectivity index (χ4v) is 4.80. The lowest BCUT2D eigenvalue weighted by molar-refractivity contribution is 0.0993. The second-order valence-electron chi connectivity index (χ2n) is 8.08. The molecule has 30 heavy (non-hydrogen) atoms. The van der Waals surface area contributed by atoms with Crippen LogP contribution in [-0.4, -0.2) is 30.8 Å². The van der Waals surface area contributed by atoms with Crippen molar-refractivity contribution in [2.24, 2.45) is 0 Å². The van der Waals surface area contributed by atoms with Crippen LogP contribution in [0.25, 0.3) is 22.3 Å². The number of aromatic amines is 1. The smallest absolute Gasteiger partial charge is 0.192 e. The number of rotatable bonds is 6. The van der Waals surface area contributed by atoms with E-state index < -0.39 is 0 Å². The number of ketones is 1. The Hall–Kier alpha value is -2.86. The molecule has 2 heterocycles. The second-order valence-corrected chi connectivity index (χ2v) is 9.39. The van der Waals surface area contributed by atoms with Crippen LogP contribution in [0.15, 0.2) is 53.8 Å². The number of Topliss-reactive ketones (excluding diaryl/α,β-unsaturated/α-hetero) is 1. The van der Waals surface area contributed by atoms with E-state index in [1.54, 1.807) is 0 Å². The van der Waals surface area contributed by atoms with Gasteiger partial charge in [-0.3, -0.25) is 9.36 Å². The highest BCUT2D eigenvalue weighted by Gasteiger charge is 2.32. The third kappa shape index (κ3) is 3.35. The Morgan fingerprint density at radius 3 is 2.70 bits per heavy atom. The zero-order valence-electron chi connectivity index (χ0n) is 17.3. The SMILES string of the molecule is Cc1ccc(C(=O)C(C)Sc2nnc(-c3c[nH]c4ccccc34)n2C2CC2)cc1C. The third-order valence-electron chi connectivity index (χ3n) is 5.85. The topological polar surface area (TPSA) is 63.6 Å². The van der Waals surface area contributed by atoms with Gasteiger partial charge in [-0.25, -0.2) is 0 Å². The van der Waals surface area contributed by atoms with E-state index in [9.17, 15) is 4.79 Å². The number of benzene rings is 2. The van der Waals surface area contributed by atoms with E-state index in [0.717, 1.165) is 51.4 Å². The van der Waals surface area contributed by atoms with Gasteiger partial charge in [-0.15, -0.1) is 10.2 Å². The Balaban J connectivity index is 1.47. The van der Waals surface area contributed by atoms with E-state index in [2.05, 4.69) is 38.8 Å². The molecule has 1 fully saturated rings. The molecule has 4 aromatic rings. The average Bonchev–Trinajstić information content (AvgIpc) is 3.37. The molecule has 1 unspecified atom stereocenters. The monoisotopic (exact) mass is 416 g/mol. The lowest BCUT2D eigenvalue weighted by atomic mass is 10.0. The molecular weight excluding hydrogens is 392 g/mol. The molecule has 1 atom stereocenters. The van der Waals surface area contributed by atoms with Crippen LogP contribution in [0.4, 0.5) is 0 Å². The summed E-state index contributed by atoms with van der Waals surface area (Å²) in [7, 11) is 0. The number of nitrogens with one attached hydrogen (secondary N) is 1. The molecule has 5 nitrogen and oxygen atoms in total. The zero-order valence-corrected chi connectivity index (χ0v) is 18.2. The largest absolute Gasteiger partial charge is 0.360 e. The molecule has 1 N–H and O–H groups in total. The highest BCUT2D eigenvalue weighted by molar-refractivity contribution is 8.00. The van der Waals surface area contributed by atoms with Crippen LogP contribution in [0, 0.1) is 13.8 Å². The van der Waals surface area contributed by atoms with Gasteiger partial charge in [-0.1, -0.05) is 42.1 Å². The molecule has 0 amide bonds. The minimum atomic E-state index is -0.232. The van der Waals surface area contributed by atoms with Crippen LogP contribution >= 0.6 is 11.8 Å². The predicted octanol–water partition coefficient (Wildman–Crippen LogP) is 5.74. The van der Waals surface area contributed by atoms with Crippen molar-refractivity contribution in [3.63, 3.8) is 0 Å². The van der Waals surface area contributed by atoms with Gasteiger partial charge in [0, 0.05) is 34.3 Å². The summed E-state index contributed by atoms with van der Waals surface area (Å²) in [6.07, 6.45) is 4.26. The summed E-state index contributed by atoms with van der Waals surface area (Å²) in [4.78, 5) is 16.4. The van der Waals surface area contributed by atoms with Crippen molar-refractivity contribution in [2.45, 2.75) is 50.1 Å². The molecule has 152 valence electrons. The van der Waals surface area contributed by atoms with Crippen molar-refractivity contribution in [2.75, 3.05) is 0 Å². The fraction of sp³-hybridized carbons (Fsp3) is 0.292. The number of aromatic nitrogens is 4. The molecule has 2 aromatic heterocycles. The summed E-state index contributed by atoms with van der Waals surface area (Å²) in [6.45, 7) is 6.06. The van der Waals surface area contributed by atoms with Gasteiger partial charge in [-0.2, -0.15) is 0 Å². The number of hydrogen-bond donors (Lipinski definition) is 1. The van der Waals surface area contributed by atoms with Gasteiger partial charge >= 0.3 is 0 Å². The molecule has 1 aliphatic carbocycles. The van der Waals surface area contributed by atoms with Crippen molar-refractivity contribution in [1.29, 1.82) is 0 Å². The minimum absolute atomic E-state index is 0.127. The molecule has 0 radical (unpaired) electrons. The molecule has 0 spiro atoms. The number of carbonyl (C=O) groups excluding carboxylic acids is 1. The average molecular weight is 417 g/mol. The van der Waals surface area contributed by atoms with Gasteiger partial charge in [-0.05, 0) is 56.9 Å². The Bertz CT molecular complexity index is 1250. The summed E-state index contributed by atoms with van der Waals surface area (Å²) >= 11 is 1.50. The molecule has 1 saturated carbocycles. The summed E-state index contributed by atoms with van der Waals surface area (Å²) in [5.74, 6) is 1.00. The number of aryl methyl sites for hydroxylation is 2. The number of carbonyl (C=O) groups is 1. The maximum absolute atomic E-state index is 13.0. The zero-order chi connectivity index (χ0) is 20.8. The van der Waals surface area contributed by atoms with E-state index in [0.29, 0.717) is 6.04 Å². The third-order valence-corrected chi connectivity index (χ3v) is 6.91. The first kappa shape index (κ1) is 19.1. The standard InChI is InChI=1S/C24H24N4OS/c1-14-8-9-17(12-15(14)2)22(29)16(3)30-24-27-26-23(28(24)18-10-11-18)20-13-25-21-7-5-4-6-19(20)21/h4-9,12-13,16,18,25H,10-11H2,1-3H3. The fourth-order valence-electron chi connectivity index (χ4n) is 3.80. The van der Waals surface area contributed by atoms with Crippen LogP contribution in [0.3, 0.4) is 0 Å². The maximum Gasteiger partial charge on any atom is 0.192 e. The first-order chi connectivity index (χ1) is 14.5. The molecule has 1 aliphatic rings. The van der Waals surface area contributed by atoms with Crippen molar-refractivity contribution < 1.29 is 4.79 Å². The summed E-state index contributed by atoms with van der Waals surface area (Å²) in [5, 5.41) is 10.8. The maximum atomic E-state index is 13.0. The normalized spacial score (nSPS) is 14.9. The second kappa shape index (κ2) is 7.43. The van der Waals surface area contributed by atoms with Gasteiger partial charge in [0.1, 0.15) is 0 Å². The first-order valence-corrected chi connectivity index (χ1v) is 11.2. The molecule has 0 bridgehead atoms. The quantitative estimate of drug-likeness (QED) is 0.321. The van der Waals surface area contributed by atoms with Crippen molar-refractivity contribution in [1.82, 2.24) is 19.7 Å². The highest BCUT2D eigenvalue weighted by Crippen LogP contribution is 2.43. The van der Waals surface area contributed by atoms with Crippen LogP contribution in [0.2, 0.25) is 0 Å². The lowest BCUT2D eigenvalue weighted by Gasteiger charge is -2.13. The number of hydrogen-bond acceptors (Lipinski definition) is 4. The van der Waals surface area contributed by atoms with E-state index in [1.165, 1.54) is 17.3 Å². The highest BCUT2D eigenvalue weighted by atomic mass is 32.2. The molecule has 5 rings (SSSR count). The molecule has 6 heteroatoms. The Kier molecular flexibility index (Phi) is 4.74. The number of fused-ring (bicyclic) bond motifs is 1. The number of para-hydroxylation sites is 1. The van der Waals surface area contributed by atoms with E-state index in [1.807, 2.05) is 50.4 Å². The van der Waals surface area contributed by atoms with Crippen molar-refractivity contribution >= 4 is 28.4 Å². The predicted molar refractivity (Wildman–Crippen MR) is 121 cm³/mol. The van der Waals surface area contributed by atoms with Crippen molar-refractivity contribution in [3.05, 3.63) is 65.4 Å². The summed E-state index contributed by atoms with van der Waals surface area (Å²) < 4.78 is 2.23. The van der Waals surface area contributed by atoms with Crippen LogP contribution in [0.1, 0.15) is 47.3 Å². The van der Waals surface area contributed by atoms with Gasteiger partial charge in [0.15, 0.2) is 16.8 Å². The van der Waals surface area contributed by atoms with Crippen LogP contribution < -0.4 is 0 Å². The van der Waals surface area contributed by atoms with E-state index in [-0.39, 0.29) is 11.0 Å². The minimum Gasteiger partial charge on any atom is -0.360 e. The molecule has 0 saturated heterocycles. The van der Waals surface area contributed by atoms with Gasteiger partial charge in [0.25, 0.3) is 0 Å². The first-order valence-electron chi connectivity index (χ1n) is 10.3. The number of H-pyrrole nitrogens is 1. The van der Waals surface area contributed by atoms with Gasteiger partial charge < -0.3 is 4.98 Å². The molecular formula is C24H24N4OS. The lowest BCUT2D eigenvalue weighted by Crippen LogP contribution is -2.15. The Morgan fingerprint density at radius 1 is 1.13 bits per heavy atom. The number of thioether (sulfide) groups is 1.